The zero-order valence-corrected chi connectivity index (χ0v) is 10.2. The highest BCUT2D eigenvalue weighted by atomic mass is 16.2. The second-order valence-electron chi connectivity index (χ2n) is 4.17. The Labute approximate surface area is 100 Å². The molecule has 7 heteroatoms. The number of urea groups is 1. The molecule has 0 heterocycles. The monoisotopic (exact) mass is 244 g/mol. The van der Waals surface area contributed by atoms with E-state index in [0.717, 1.165) is 12.8 Å². The highest BCUT2D eigenvalue weighted by Gasteiger charge is 2.23. The molecule has 0 aromatic carbocycles. The molecule has 0 rings (SSSR count). The van der Waals surface area contributed by atoms with E-state index in [2.05, 4.69) is 24.5 Å². The zero-order chi connectivity index (χ0) is 13.4. The number of nitrogens with one attached hydrogen (secondary N) is 2. The molecule has 4 amide bonds. The first kappa shape index (κ1) is 15.2. The summed E-state index contributed by atoms with van der Waals surface area (Å²) >= 11 is 0. The van der Waals surface area contributed by atoms with Gasteiger partial charge >= 0.3 is 6.03 Å². The molecule has 0 aromatic heterocycles. The zero-order valence-electron chi connectivity index (χ0n) is 10.2. The Hall–Kier alpha value is -1.79. The molecule has 0 aliphatic rings. The molecule has 0 aliphatic heterocycles. The van der Waals surface area contributed by atoms with E-state index in [4.69, 9.17) is 11.5 Å². The quantitative estimate of drug-likeness (QED) is 0.341. The summed E-state index contributed by atoms with van der Waals surface area (Å²) in [5.74, 6) is -1.39. The molecule has 0 fully saturated rings. The van der Waals surface area contributed by atoms with Gasteiger partial charge < -0.3 is 22.1 Å². The topological polar surface area (TPSA) is 127 Å². The summed E-state index contributed by atoms with van der Waals surface area (Å²) in [6.07, 6.45) is 1.80. The number of carbonyl (C=O) groups is 3. The highest BCUT2D eigenvalue weighted by Crippen LogP contribution is 2.01. The minimum absolute atomic E-state index is 0.467. The summed E-state index contributed by atoms with van der Waals surface area (Å²) in [5, 5.41) is 4.62. The molecule has 6 N–H and O–H groups in total. The van der Waals surface area contributed by atoms with Gasteiger partial charge in [0.15, 0.2) is 6.04 Å². The van der Waals surface area contributed by atoms with Gasteiger partial charge in [0.25, 0.3) is 0 Å². The Bertz CT molecular complexity index is 277. The van der Waals surface area contributed by atoms with Crippen LogP contribution >= 0.6 is 0 Å². The third kappa shape index (κ3) is 7.15. The molecule has 0 atom stereocenters. The minimum atomic E-state index is -1.47. The maximum absolute atomic E-state index is 11.3. The lowest BCUT2D eigenvalue weighted by molar-refractivity contribution is -0.128. The number of amides is 4. The summed E-state index contributed by atoms with van der Waals surface area (Å²) < 4.78 is 0. The maximum Gasteiger partial charge on any atom is 0.315 e. The van der Waals surface area contributed by atoms with E-state index in [1.165, 1.54) is 0 Å². The predicted molar refractivity (Wildman–Crippen MR) is 62.8 cm³/mol. The first-order valence-electron chi connectivity index (χ1n) is 5.47. The van der Waals surface area contributed by atoms with E-state index >= 15 is 0 Å². The first-order valence-corrected chi connectivity index (χ1v) is 5.47. The van der Waals surface area contributed by atoms with Crippen molar-refractivity contribution in [2.24, 2.45) is 17.4 Å². The SMILES string of the molecule is CC(C)CCCNC(=O)NC(C(N)=O)C(N)=O. The average Bonchev–Trinajstić information content (AvgIpc) is 2.19. The van der Waals surface area contributed by atoms with Crippen LogP contribution in [-0.2, 0) is 9.59 Å². The molecule has 7 nitrogen and oxygen atoms in total. The van der Waals surface area contributed by atoms with Crippen molar-refractivity contribution in [1.29, 1.82) is 0 Å². The van der Waals surface area contributed by atoms with Crippen molar-refractivity contribution in [2.75, 3.05) is 6.54 Å². The lowest BCUT2D eigenvalue weighted by Crippen LogP contribution is -2.55. The molecule has 98 valence electrons. The fourth-order valence-corrected chi connectivity index (χ4v) is 1.18. The third-order valence-electron chi connectivity index (χ3n) is 2.09. The van der Waals surface area contributed by atoms with Crippen LogP contribution in [-0.4, -0.2) is 30.4 Å². The van der Waals surface area contributed by atoms with Gasteiger partial charge in [-0.25, -0.2) is 4.79 Å². The van der Waals surface area contributed by atoms with Crippen molar-refractivity contribution in [3.8, 4) is 0 Å². The van der Waals surface area contributed by atoms with E-state index in [1.807, 2.05) is 0 Å². The van der Waals surface area contributed by atoms with Crippen molar-refractivity contribution >= 4 is 17.8 Å². The summed E-state index contributed by atoms with van der Waals surface area (Å²) in [5.41, 5.74) is 9.80. The molecule has 0 aliphatic carbocycles. The van der Waals surface area contributed by atoms with Gasteiger partial charge in [0, 0.05) is 6.54 Å². The van der Waals surface area contributed by atoms with Crippen LogP contribution in [0.4, 0.5) is 4.79 Å². The Kier molecular flexibility index (Phi) is 6.69. The fourth-order valence-electron chi connectivity index (χ4n) is 1.18. The van der Waals surface area contributed by atoms with E-state index < -0.39 is 23.9 Å². The predicted octanol–water partition coefficient (Wildman–Crippen LogP) is -0.939. The molecule has 0 bridgehead atoms. The van der Waals surface area contributed by atoms with Crippen molar-refractivity contribution in [3.05, 3.63) is 0 Å². The van der Waals surface area contributed by atoms with Gasteiger partial charge in [-0.2, -0.15) is 0 Å². The Morgan fingerprint density at radius 3 is 2.06 bits per heavy atom. The average molecular weight is 244 g/mol. The molecule has 0 saturated carbocycles. The summed E-state index contributed by atoms with van der Waals surface area (Å²) in [6.45, 7) is 4.63. The largest absolute Gasteiger partial charge is 0.367 e. The molecule has 17 heavy (non-hydrogen) atoms. The lowest BCUT2D eigenvalue weighted by Gasteiger charge is -2.13. The second kappa shape index (κ2) is 7.48. The fraction of sp³-hybridized carbons (Fsp3) is 0.700. The number of primary amides is 2. The minimum Gasteiger partial charge on any atom is -0.367 e. The summed E-state index contributed by atoms with van der Waals surface area (Å²) in [6, 6.07) is -2.10. The van der Waals surface area contributed by atoms with E-state index in [9.17, 15) is 14.4 Å². The second-order valence-corrected chi connectivity index (χ2v) is 4.17. The van der Waals surface area contributed by atoms with Gasteiger partial charge in [0.1, 0.15) is 0 Å². The van der Waals surface area contributed by atoms with Crippen LogP contribution in [0.5, 0.6) is 0 Å². The van der Waals surface area contributed by atoms with Crippen LogP contribution in [0.1, 0.15) is 26.7 Å². The molecule has 0 radical (unpaired) electrons. The van der Waals surface area contributed by atoms with E-state index in [-0.39, 0.29) is 0 Å². The molecule has 0 aromatic rings. The van der Waals surface area contributed by atoms with Gasteiger partial charge in [-0.1, -0.05) is 13.8 Å². The van der Waals surface area contributed by atoms with Crippen molar-refractivity contribution in [3.63, 3.8) is 0 Å². The number of hydrogen-bond donors (Lipinski definition) is 4. The van der Waals surface area contributed by atoms with Crippen molar-refractivity contribution in [2.45, 2.75) is 32.7 Å². The van der Waals surface area contributed by atoms with E-state index in [1.54, 1.807) is 0 Å². The van der Waals surface area contributed by atoms with Crippen LogP contribution in [0.25, 0.3) is 0 Å². The van der Waals surface area contributed by atoms with Crippen LogP contribution in [0.2, 0.25) is 0 Å². The van der Waals surface area contributed by atoms with Gasteiger partial charge in [0.2, 0.25) is 11.8 Å². The maximum atomic E-state index is 11.3. The van der Waals surface area contributed by atoms with Crippen LogP contribution in [0.3, 0.4) is 0 Å². The standard InChI is InChI=1S/C10H20N4O3/c1-6(2)4-3-5-13-10(17)14-7(8(11)15)9(12)16/h6-7H,3-5H2,1-2H3,(H2,11,15)(H2,12,16)(H2,13,14,17). The third-order valence-corrected chi connectivity index (χ3v) is 2.09. The van der Waals surface area contributed by atoms with Crippen LogP contribution < -0.4 is 22.1 Å². The van der Waals surface area contributed by atoms with Gasteiger partial charge in [0.05, 0.1) is 0 Å². The van der Waals surface area contributed by atoms with Gasteiger partial charge in [-0.05, 0) is 18.8 Å². The summed E-state index contributed by atoms with van der Waals surface area (Å²) in [7, 11) is 0. The number of hydrogen-bond acceptors (Lipinski definition) is 3. The molecular weight excluding hydrogens is 224 g/mol. The molecule has 0 unspecified atom stereocenters. The molecule has 0 spiro atoms. The first-order chi connectivity index (χ1) is 7.84. The Morgan fingerprint density at radius 2 is 1.65 bits per heavy atom. The summed E-state index contributed by atoms with van der Waals surface area (Å²) in [4.78, 5) is 32.8. The molecular formula is C10H20N4O3. The van der Waals surface area contributed by atoms with E-state index in [0.29, 0.717) is 12.5 Å². The van der Waals surface area contributed by atoms with Crippen molar-refractivity contribution in [1.82, 2.24) is 10.6 Å². The van der Waals surface area contributed by atoms with Crippen LogP contribution in [0, 0.1) is 5.92 Å². The number of nitrogens with two attached hydrogens (primary N) is 2. The number of rotatable bonds is 7. The van der Waals surface area contributed by atoms with Crippen molar-refractivity contribution < 1.29 is 14.4 Å². The Morgan fingerprint density at radius 1 is 1.12 bits per heavy atom. The smallest absolute Gasteiger partial charge is 0.315 e. The normalized spacial score (nSPS) is 10.4. The number of carbonyl (C=O) groups excluding carboxylic acids is 3. The van der Waals surface area contributed by atoms with Gasteiger partial charge in [-0.3, -0.25) is 9.59 Å². The highest BCUT2D eigenvalue weighted by molar-refractivity contribution is 6.05. The Balaban J connectivity index is 3.91. The lowest BCUT2D eigenvalue weighted by atomic mass is 10.1. The molecule has 0 saturated heterocycles. The van der Waals surface area contributed by atoms with Crippen LogP contribution in [0.15, 0.2) is 0 Å². The van der Waals surface area contributed by atoms with Gasteiger partial charge in [-0.15, -0.1) is 0 Å².